The van der Waals surface area contributed by atoms with E-state index in [-0.39, 0.29) is 5.52 Å². The molecule has 0 amide bonds. The molecule has 0 aliphatic rings. The van der Waals surface area contributed by atoms with Gasteiger partial charge >= 0.3 is 0 Å². The first-order valence-corrected chi connectivity index (χ1v) is 6.86. The van der Waals surface area contributed by atoms with E-state index in [0.29, 0.717) is 30.2 Å². The molecule has 0 bridgehead atoms. The third-order valence-corrected chi connectivity index (χ3v) is 3.36. The van der Waals surface area contributed by atoms with Crippen LogP contribution >= 0.6 is 11.6 Å². The lowest BCUT2D eigenvalue weighted by atomic mass is 10.1. The SMILES string of the molecule is COCC(C)(C)n1c(CCCl)nc2c(F)cc(F)cc21. The molecule has 0 unspecified atom stereocenters. The van der Waals surface area contributed by atoms with Crippen LogP contribution in [0.2, 0.25) is 0 Å². The molecule has 0 atom stereocenters. The molecular weight excluding hydrogens is 286 g/mol. The summed E-state index contributed by atoms with van der Waals surface area (Å²) in [7, 11) is 1.59. The van der Waals surface area contributed by atoms with Crippen LogP contribution in [0.1, 0.15) is 19.7 Å². The van der Waals surface area contributed by atoms with E-state index in [0.717, 1.165) is 6.07 Å². The van der Waals surface area contributed by atoms with Gasteiger partial charge in [-0.25, -0.2) is 13.8 Å². The van der Waals surface area contributed by atoms with Gasteiger partial charge in [0.25, 0.3) is 0 Å². The molecule has 20 heavy (non-hydrogen) atoms. The fraction of sp³-hybridized carbons (Fsp3) is 0.500. The van der Waals surface area contributed by atoms with E-state index in [1.54, 1.807) is 11.7 Å². The Morgan fingerprint density at radius 3 is 2.65 bits per heavy atom. The van der Waals surface area contributed by atoms with Gasteiger partial charge in [0.2, 0.25) is 0 Å². The normalized spacial score (nSPS) is 12.3. The Hall–Kier alpha value is -1.20. The minimum absolute atomic E-state index is 0.163. The van der Waals surface area contributed by atoms with Gasteiger partial charge in [-0.2, -0.15) is 0 Å². The maximum atomic E-state index is 13.9. The van der Waals surface area contributed by atoms with Crippen LogP contribution < -0.4 is 0 Å². The van der Waals surface area contributed by atoms with Gasteiger partial charge in [0.15, 0.2) is 5.82 Å². The van der Waals surface area contributed by atoms with E-state index in [1.165, 1.54) is 6.07 Å². The first-order chi connectivity index (χ1) is 9.40. The number of rotatable bonds is 5. The maximum Gasteiger partial charge on any atom is 0.153 e. The molecule has 1 aromatic heterocycles. The van der Waals surface area contributed by atoms with Gasteiger partial charge in [0, 0.05) is 25.5 Å². The van der Waals surface area contributed by atoms with Crippen molar-refractivity contribution in [2.45, 2.75) is 25.8 Å². The summed E-state index contributed by atoms with van der Waals surface area (Å²) < 4.78 is 34.4. The van der Waals surface area contributed by atoms with Crippen LogP contribution in [0.5, 0.6) is 0 Å². The maximum absolute atomic E-state index is 13.9. The highest BCUT2D eigenvalue weighted by Gasteiger charge is 2.27. The smallest absolute Gasteiger partial charge is 0.153 e. The Labute approximate surface area is 121 Å². The Morgan fingerprint density at radius 1 is 1.35 bits per heavy atom. The number of hydrogen-bond donors (Lipinski definition) is 0. The highest BCUT2D eigenvalue weighted by Crippen LogP contribution is 2.28. The second kappa shape index (κ2) is 5.66. The second-order valence-electron chi connectivity index (χ2n) is 5.30. The molecule has 0 aliphatic carbocycles. The average Bonchev–Trinajstić information content (AvgIpc) is 2.68. The highest BCUT2D eigenvalue weighted by molar-refractivity contribution is 6.17. The van der Waals surface area contributed by atoms with E-state index in [1.807, 2.05) is 13.8 Å². The van der Waals surface area contributed by atoms with E-state index in [4.69, 9.17) is 16.3 Å². The van der Waals surface area contributed by atoms with Crippen molar-refractivity contribution in [1.29, 1.82) is 0 Å². The third kappa shape index (κ3) is 2.65. The summed E-state index contributed by atoms with van der Waals surface area (Å²) >= 11 is 5.78. The minimum Gasteiger partial charge on any atom is -0.382 e. The molecule has 2 aromatic rings. The number of alkyl halides is 1. The molecule has 0 spiro atoms. The molecule has 1 aromatic carbocycles. The summed E-state index contributed by atoms with van der Waals surface area (Å²) in [6, 6.07) is 2.13. The Morgan fingerprint density at radius 2 is 2.05 bits per heavy atom. The number of halogens is 3. The lowest BCUT2D eigenvalue weighted by Crippen LogP contribution is -2.33. The van der Waals surface area contributed by atoms with Gasteiger partial charge in [-0.1, -0.05) is 0 Å². The number of nitrogens with zero attached hydrogens (tertiary/aromatic N) is 2. The molecule has 110 valence electrons. The summed E-state index contributed by atoms with van der Waals surface area (Å²) in [5.74, 6) is -0.303. The molecule has 3 nitrogen and oxygen atoms in total. The first-order valence-electron chi connectivity index (χ1n) is 6.32. The second-order valence-corrected chi connectivity index (χ2v) is 5.68. The van der Waals surface area contributed by atoms with Crippen molar-refractivity contribution in [3.05, 3.63) is 29.6 Å². The van der Waals surface area contributed by atoms with Gasteiger partial charge in [0.1, 0.15) is 17.2 Å². The zero-order chi connectivity index (χ0) is 14.9. The van der Waals surface area contributed by atoms with Crippen LogP contribution in [0.15, 0.2) is 12.1 Å². The quantitative estimate of drug-likeness (QED) is 0.791. The largest absolute Gasteiger partial charge is 0.382 e. The van der Waals surface area contributed by atoms with Crippen LogP contribution in [0, 0.1) is 11.6 Å². The molecule has 0 saturated carbocycles. The van der Waals surface area contributed by atoms with Gasteiger partial charge in [-0.05, 0) is 19.9 Å². The number of ether oxygens (including phenoxy) is 1. The van der Waals surface area contributed by atoms with Crippen molar-refractivity contribution >= 4 is 22.6 Å². The number of aromatic nitrogens is 2. The monoisotopic (exact) mass is 302 g/mol. The Balaban J connectivity index is 2.74. The summed E-state index contributed by atoms with van der Waals surface area (Å²) in [5, 5.41) is 0. The number of methoxy groups -OCH3 is 1. The average molecular weight is 303 g/mol. The van der Waals surface area contributed by atoms with Crippen LogP contribution in [-0.2, 0) is 16.7 Å². The molecule has 0 fully saturated rings. The van der Waals surface area contributed by atoms with Crippen molar-refractivity contribution in [2.75, 3.05) is 19.6 Å². The summed E-state index contributed by atoms with van der Waals surface area (Å²) in [6.07, 6.45) is 0.477. The van der Waals surface area contributed by atoms with Gasteiger partial charge in [-0.3, -0.25) is 0 Å². The predicted octanol–water partition coefficient (Wildman–Crippen LogP) is 3.48. The summed E-state index contributed by atoms with van der Waals surface area (Å²) in [5.41, 5.74) is 0.103. The molecule has 0 saturated heterocycles. The molecule has 2 rings (SSSR count). The number of aryl methyl sites for hydroxylation is 1. The minimum atomic E-state index is -0.664. The highest BCUT2D eigenvalue weighted by atomic mass is 35.5. The first kappa shape index (κ1) is 15.2. The summed E-state index contributed by atoms with van der Waals surface area (Å²) in [4.78, 5) is 4.27. The van der Waals surface area contributed by atoms with E-state index < -0.39 is 17.2 Å². The zero-order valence-corrected chi connectivity index (χ0v) is 12.5. The molecule has 0 N–H and O–H groups in total. The van der Waals surface area contributed by atoms with Crippen molar-refractivity contribution in [3.63, 3.8) is 0 Å². The number of benzene rings is 1. The van der Waals surface area contributed by atoms with Gasteiger partial charge in [-0.15, -0.1) is 11.6 Å². The van der Waals surface area contributed by atoms with Crippen LogP contribution in [0.4, 0.5) is 8.78 Å². The number of fused-ring (bicyclic) bond motifs is 1. The molecule has 6 heteroatoms. The number of hydrogen-bond acceptors (Lipinski definition) is 2. The van der Waals surface area contributed by atoms with Crippen molar-refractivity contribution in [2.24, 2.45) is 0 Å². The molecule has 0 radical (unpaired) electrons. The zero-order valence-electron chi connectivity index (χ0n) is 11.7. The lowest BCUT2D eigenvalue weighted by molar-refractivity contribution is 0.110. The molecular formula is C14H17ClF2N2O. The van der Waals surface area contributed by atoms with Crippen LogP contribution in [0.25, 0.3) is 11.0 Å². The van der Waals surface area contributed by atoms with Crippen LogP contribution in [-0.4, -0.2) is 29.1 Å². The van der Waals surface area contributed by atoms with Crippen LogP contribution in [0.3, 0.4) is 0 Å². The molecule has 1 heterocycles. The third-order valence-electron chi connectivity index (χ3n) is 3.17. The summed E-state index contributed by atoms with van der Waals surface area (Å²) in [6.45, 7) is 4.25. The van der Waals surface area contributed by atoms with E-state index in [9.17, 15) is 8.78 Å². The Kier molecular flexibility index (Phi) is 4.30. The standard InChI is InChI=1S/C14H17ClF2N2O/c1-14(2,8-20-3)19-11-7-9(16)6-10(17)13(11)18-12(19)4-5-15/h6-7H,4-5,8H2,1-3H3. The molecule has 0 aliphatic heterocycles. The van der Waals surface area contributed by atoms with Crippen molar-refractivity contribution < 1.29 is 13.5 Å². The Bertz CT molecular complexity index is 625. The lowest BCUT2D eigenvalue weighted by Gasteiger charge is -2.28. The van der Waals surface area contributed by atoms with Crippen molar-refractivity contribution in [3.8, 4) is 0 Å². The van der Waals surface area contributed by atoms with E-state index >= 15 is 0 Å². The van der Waals surface area contributed by atoms with Gasteiger partial charge < -0.3 is 9.30 Å². The predicted molar refractivity (Wildman–Crippen MR) is 75.3 cm³/mol. The fourth-order valence-electron chi connectivity index (χ4n) is 2.50. The fourth-order valence-corrected chi connectivity index (χ4v) is 2.67. The van der Waals surface area contributed by atoms with Gasteiger partial charge in [0.05, 0.1) is 17.7 Å². The van der Waals surface area contributed by atoms with E-state index in [2.05, 4.69) is 4.98 Å². The van der Waals surface area contributed by atoms with Crippen molar-refractivity contribution in [1.82, 2.24) is 9.55 Å². The topological polar surface area (TPSA) is 27.1 Å². The number of imidazole rings is 1.